The number of rotatable bonds is 5. The van der Waals surface area contributed by atoms with Gasteiger partial charge in [-0.1, -0.05) is 17.7 Å². The van der Waals surface area contributed by atoms with Gasteiger partial charge in [-0.2, -0.15) is 0 Å². The fraction of sp³-hybridized carbons (Fsp3) is 0.360. The highest BCUT2D eigenvalue weighted by Gasteiger charge is 2.45. The highest BCUT2D eigenvalue weighted by Crippen LogP contribution is 2.55. The van der Waals surface area contributed by atoms with Crippen LogP contribution in [0.25, 0.3) is 6.08 Å². The Hall–Kier alpha value is -3.60. The second kappa shape index (κ2) is 9.12. The van der Waals surface area contributed by atoms with E-state index in [2.05, 4.69) is 4.72 Å². The van der Waals surface area contributed by atoms with Crippen LogP contribution in [0.5, 0.6) is 5.75 Å². The lowest BCUT2D eigenvalue weighted by Gasteiger charge is -2.26. The van der Waals surface area contributed by atoms with E-state index in [9.17, 15) is 27.5 Å². The lowest BCUT2D eigenvalue weighted by atomic mass is 10.0. The summed E-state index contributed by atoms with van der Waals surface area (Å²) in [6.45, 7) is 0.928. The Bertz CT molecular complexity index is 1390. The number of benzene rings is 2. The van der Waals surface area contributed by atoms with Crippen LogP contribution < -0.4 is 9.46 Å². The third-order valence-electron chi connectivity index (χ3n) is 6.80. The molecule has 2 aromatic rings. The van der Waals surface area contributed by atoms with Crippen molar-refractivity contribution >= 4 is 33.8 Å². The predicted octanol–water partition coefficient (Wildman–Crippen LogP) is 4.07. The van der Waals surface area contributed by atoms with E-state index in [-0.39, 0.29) is 34.2 Å². The largest absolute Gasteiger partial charge is 0.492 e. The van der Waals surface area contributed by atoms with E-state index in [1.807, 2.05) is 0 Å². The number of likely N-dealkylation sites (tertiary alicyclic amines) is 1. The Morgan fingerprint density at radius 2 is 2.08 bits per heavy atom. The van der Waals surface area contributed by atoms with Crippen LogP contribution in [0.15, 0.2) is 40.8 Å². The highest BCUT2D eigenvalue weighted by molar-refractivity contribution is 7.92. The summed E-state index contributed by atoms with van der Waals surface area (Å²) in [5.41, 5.74) is 1.59. The number of fused-ring (bicyclic) bond motifs is 3. The number of halogens is 1. The lowest BCUT2D eigenvalue weighted by Crippen LogP contribution is -2.35. The van der Waals surface area contributed by atoms with Gasteiger partial charge < -0.3 is 19.5 Å². The van der Waals surface area contributed by atoms with Gasteiger partial charge in [0.05, 0.1) is 24.3 Å². The summed E-state index contributed by atoms with van der Waals surface area (Å²) in [7, 11) is -3.08. The van der Waals surface area contributed by atoms with Gasteiger partial charge in [-0.3, -0.25) is 4.72 Å². The van der Waals surface area contributed by atoms with Crippen molar-refractivity contribution in [2.45, 2.75) is 30.1 Å². The molecular formula is C25H25FN2O7S. The zero-order valence-corrected chi connectivity index (χ0v) is 20.3. The predicted molar refractivity (Wildman–Crippen MR) is 128 cm³/mol. The van der Waals surface area contributed by atoms with Crippen molar-refractivity contribution in [3.8, 4) is 5.75 Å². The van der Waals surface area contributed by atoms with E-state index in [4.69, 9.17) is 9.47 Å². The number of ether oxygens (including phenoxy) is 2. The SMILES string of the molecule is COC(=O)c1c(NS(=O)(=O)c2ccc(F)cc2/C=C2\CCCN(C(=O)O)C2)ccc2c1OC[C@@H]1C[C@H]21. The number of hydrogen-bond donors (Lipinski definition) is 2. The van der Waals surface area contributed by atoms with Crippen LogP contribution in [0.1, 0.15) is 46.7 Å². The maximum atomic E-state index is 14.1. The number of esters is 1. The van der Waals surface area contributed by atoms with Crippen molar-refractivity contribution in [1.29, 1.82) is 0 Å². The van der Waals surface area contributed by atoms with E-state index in [1.165, 1.54) is 24.2 Å². The molecule has 2 heterocycles. The molecule has 2 atom stereocenters. The summed E-state index contributed by atoms with van der Waals surface area (Å²) in [6.07, 6.45) is 2.52. The van der Waals surface area contributed by atoms with Gasteiger partial charge in [-0.05, 0) is 60.6 Å². The number of anilines is 1. The summed E-state index contributed by atoms with van der Waals surface area (Å²) >= 11 is 0. The van der Waals surface area contributed by atoms with E-state index in [1.54, 1.807) is 6.07 Å². The topological polar surface area (TPSA) is 122 Å². The third-order valence-corrected chi connectivity index (χ3v) is 8.24. The van der Waals surface area contributed by atoms with Gasteiger partial charge in [-0.15, -0.1) is 0 Å². The lowest BCUT2D eigenvalue weighted by molar-refractivity contribution is 0.0596. The molecule has 11 heteroatoms. The minimum atomic E-state index is -4.29. The molecular weight excluding hydrogens is 491 g/mol. The highest BCUT2D eigenvalue weighted by atomic mass is 32.2. The first-order valence-corrected chi connectivity index (χ1v) is 13.0. The zero-order valence-electron chi connectivity index (χ0n) is 19.5. The van der Waals surface area contributed by atoms with Crippen LogP contribution in [0, 0.1) is 11.7 Å². The molecule has 3 aliphatic rings. The average molecular weight is 517 g/mol. The second-order valence-corrected chi connectivity index (χ2v) is 10.9. The van der Waals surface area contributed by atoms with Crippen LogP contribution >= 0.6 is 0 Å². The molecule has 2 fully saturated rings. The van der Waals surface area contributed by atoms with Crippen molar-refractivity contribution in [2.75, 3.05) is 31.5 Å². The maximum Gasteiger partial charge on any atom is 0.407 e. The van der Waals surface area contributed by atoms with Gasteiger partial charge in [0.15, 0.2) is 0 Å². The van der Waals surface area contributed by atoms with Crippen LogP contribution in [0.4, 0.5) is 14.9 Å². The standard InChI is InChI=1S/C25H25FN2O7S/c1-34-24(29)22-20(6-5-18-19-11-16(19)13-35-23(18)22)27-36(32,33)21-7-4-17(26)10-15(21)9-14-3-2-8-28(12-14)25(30)31/h4-7,9-10,16,19,27H,2-3,8,11-13H2,1H3,(H,30,31)/b14-9+/t16-,19-/m0/s1. The van der Waals surface area contributed by atoms with Crippen molar-refractivity contribution in [1.82, 2.24) is 4.90 Å². The molecule has 2 N–H and O–H groups in total. The van der Waals surface area contributed by atoms with Crippen LogP contribution in [0.2, 0.25) is 0 Å². The molecule has 9 nitrogen and oxygen atoms in total. The molecule has 0 spiro atoms. The van der Waals surface area contributed by atoms with Gasteiger partial charge in [-0.25, -0.2) is 22.4 Å². The molecule has 1 aliphatic carbocycles. The zero-order chi connectivity index (χ0) is 25.6. The van der Waals surface area contributed by atoms with Gasteiger partial charge >= 0.3 is 12.1 Å². The summed E-state index contributed by atoms with van der Waals surface area (Å²) in [4.78, 5) is 25.0. The minimum Gasteiger partial charge on any atom is -0.492 e. The Labute approximate surface area is 207 Å². The van der Waals surface area contributed by atoms with Gasteiger partial charge in [0, 0.05) is 19.0 Å². The third kappa shape index (κ3) is 4.50. The van der Waals surface area contributed by atoms with Crippen molar-refractivity contribution in [2.24, 2.45) is 5.92 Å². The number of carbonyl (C=O) groups is 2. The van der Waals surface area contributed by atoms with Crippen LogP contribution in [-0.2, 0) is 14.8 Å². The average Bonchev–Trinajstić information content (AvgIpc) is 3.63. The monoisotopic (exact) mass is 516 g/mol. The maximum absolute atomic E-state index is 14.1. The Kier molecular flexibility index (Phi) is 6.11. The fourth-order valence-electron chi connectivity index (χ4n) is 4.92. The molecule has 190 valence electrons. The van der Waals surface area contributed by atoms with E-state index in [0.29, 0.717) is 43.2 Å². The molecule has 1 amide bonds. The van der Waals surface area contributed by atoms with E-state index in [0.717, 1.165) is 30.2 Å². The van der Waals surface area contributed by atoms with Crippen molar-refractivity contribution in [3.63, 3.8) is 0 Å². The molecule has 1 saturated carbocycles. The minimum absolute atomic E-state index is 0.00246. The Balaban J connectivity index is 1.52. The van der Waals surface area contributed by atoms with Gasteiger partial charge in [0.2, 0.25) is 0 Å². The van der Waals surface area contributed by atoms with E-state index >= 15 is 0 Å². The first-order valence-electron chi connectivity index (χ1n) is 11.6. The normalized spacial score (nSPS) is 21.7. The first-order chi connectivity index (χ1) is 17.2. The number of methoxy groups -OCH3 is 1. The fourth-order valence-corrected chi connectivity index (χ4v) is 6.16. The number of amides is 1. The number of piperidine rings is 1. The summed E-state index contributed by atoms with van der Waals surface area (Å²) < 4.78 is 54.3. The van der Waals surface area contributed by atoms with Crippen LogP contribution in [0.3, 0.4) is 0 Å². The second-order valence-electron chi connectivity index (χ2n) is 9.21. The molecule has 2 aliphatic heterocycles. The molecule has 0 aromatic heterocycles. The molecule has 5 rings (SSSR count). The molecule has 2 aromatic carbocycles. The number of carboxylic acid groups (broad SMARTS) is 1. The number of hydrogen-bond acceptors (Lipinski definition) is 6. The van der Waals surface area contributed by atoms with Crippen LogP contribution in [-0.4, -0.2) is 57.3 Å². The number of carbonyl (C=O) groups excluding carboxylic acids is 1. The summed E-state index contributed by atoms with van der Waals surface area (Å²) in [5.74, 6) is -0.376. The molecule has 0 unspecified atom stereocenters. The molecule has 36 heavy (non-hydrogen) atoms. The molecule has 0 bridgehead atoms. The quantitative estimate of drug-likeness (QED) is 0.575. The number of sulfonamides is 1. The van der Waals surface area contributed by atoms with Crippen molar-refractivity contribution < 1.29 is 37.0 Å². The first kappa shape index (κ1) is 24.1. The Morgan fingerprint density at radius 1 is 1.28 bits per heavy atom. The smallest absolute Gasteiger partial charge is 0.407 e. The Morgan fingerprint density at radius 3 is 2.83 bits per heavy atom. The number of nitrogens with zero attached hydrogens (tertiary/aromatic N) is 1. The number of nitrogens with one attached hydrogen (secondary N) is 1. The molecule has 1 saturated heterocycles. The van der Waals surface area contributed by atoms with E-state index < -0.39 is 27.9 Å². The van der Waals surface area contributed by atoms with Crippen molar-refractivity contribution in [3.05, 3.63) is 58.4 Å². The summed E-state index contributed by atoms with van der Waals surface area (Å²) in [6, 6.07) is 6.53. The summed E-state index contributed by atoms with van der Waals surface area (Å²) in [5, 5.41) is 9.29. The molecule has 0 radical (unpaired) electrons. The van der Waals surface area contributed by atoms with Gasteiger partial charge in [0.1, 0.15) is 17.1 Å². The van der Waals surface area contributed by atoms with Gasteiger partial charge in [0.25, 0.3) is 10.0 Å².